The van der Waals surface area contributed by atoms with Gasteiger partial charge >= 0.3 is 0 Å². The fourth-order valence-electron chi connectivity index (χ4n) is 4.08. The maximum absolute atomic E-state index is 12.9. The number of rotatable bonds is 5. The third-order valence-electron chi connectivity index (χ3n) is 6.00. The first-order valence-electron chi connectivity index (χ1n) is 11.0. The van der Waals surface area contributed by atoms with E-state index in [2.05, 4.69) is 43.2 Å². The molecule has 30 heavy (non-hydrogen) atoms. The molecule has 1 aromatic carbocycles. The van der Waals surface area contributed by atoms with Gasteiger partial charge in [-0.05, 0) is 30.4 Å². The van der Waals surface area contributed by atoms with Crippen LogP contribution in [0.5, 0.6) is 0 Å². The second-order valence-corrected chi connectivity index (χ2v) is 8.48. The summed E-state index contributed by atoms with van der Waals surface area (Å²) in [6.45, 7) is 6.41. The number of carbonyl (C=O) groups excluding carboxylic acids is 1. The number of amides is 1. The van der Waals surface area contributed by atoms with Gasteiger partial charge in [0.05, 0.1) is 5.69 Å². The van der Waals surface area contributed by atoms with Crippen LogP contribution in [0.25, 0.3) is 16.8 Å². The molecule has 1 saturated heterocycles. The normalized spacial score (nSPS) is 15.0. The molecule has 0 bridgehead atoms. The summed E-state index contributed by atoms with van der Waals surface area (Å²) < 4.78 is 3.25. The second-order valence-electron chi connectivity index (χ2n) is 8.48. The van der Waals surface area contributed by atoms with Gasteiger partial charge in [0.15, 0.2) is 0 Å². The lowest BCUT2D eigenvalue weighted by atomic mass is 10.0. The minimum Gasteiger partial charge on any atom is -0.343 e. The summed E-state index contributed by atoms with van der Waals surface area (Å²) in [7, 11) is 0. The minimum absolute atomic E-state index is 0.112. The first-order chi connectivity index (χ1) is 14.5. The number of hydrogen-bond donors (Lipinski definition) is 0. The van der Waals surface area contributed by atoms with Gasteiger partial charge in [-0.2, -0.15) is 5.10 Å². The zero-order valence-electron chi connectivity index (χ0n) is 17.9. The van der Waals surface area contributed by atoms with E-state index < -0.39 is 0 Å². The van der Waals surface area contributed by atoms with Crippen LogP contribution in [0.15, 0.2) is 47.5 Å². The molecule has 6 heteroatoms. The van der Waals surface area contributed by atoms with Crippen molar-refractivity contribution in [2.24, 2.45) is 0 Å². The van der Waals surface area contributed by atoms with Crippen LogP contribution in [0, 0.1) is 0 Å². The van der Waals surface area contributed by atoms with Crippen molar-refractivity contribution in [2.75, 3.05) is 13.1 Å². The third kappa shape index (κ3) is 4.32. The Bertz CT molecular complexity index is 1070. The lowest BCUT2D eigenvalue weighted by Crippen LogP contribution is -2.33. The van der Waals surface area contributed by atoms with Crippen molar-refractivity contribution >= 4 is 11.4 Å². The van der Waals surface area contributed by atoms with Crippen LogP contribution in [-0.2, 0) is 11.3 Å². The van der Waals surface area contributed by atoms with Crippen molar-refractivity contribution in [1.29, 1.82) is 0 Å². The summed E-state index contributed by atoms with van der Waals surface area (Å²) in [5, 5.41) is 4.57. The third-order valence-corrected chi connectivity index (χ3v) is 6.00. The Morgan fingerprint density at radius 3 is 2.40 bits per heavy atom. The van der Waals surface area contributed by atoms with Gasteiger partial charge in [0, 0.05) is 44.0 Å². The van der Waals surface area contributed by atoms with E-state index in [1.54, 1.807) is 21.5 Å². The number of aryl methyl sites for hydroxylation is 1. The fraction of sp³-hybridized carbons (Fsp3) is 0.458. The number of hydrogen-bond acceptors (Lipinski definition) is 3. The first kappa shape index (κ1) is 20.4. The second kappa shape index (κ2) is 8.86. The maximum Gasteiger partial charge on any atom is 0.276 e. The summed E-state index contributed by atoms with van der Waals surface area (Å²) in [5.41, 5.74) is 3.46. The van der Waals surface area contributed by atoms with Crippen molar-refractivity contribution in [2.45, 2.75) is 58.4 Å². The van der Waals surface area contributed by atoms with Gasteiger partial charge in [-0.3, -0.25) is 9.59 Å². The van der Waals surface area contributed by atoms with Gasteiger partial charge in [0.1, 0.15) is 5.52 Å². The van der Waals surface area contributed by atoms with E-state index >= 15 is 0 Å². The number of aromatic nitrogens is 3. The van der Waals surface area contributed by atoms with Gasteiger partial charge in [0.2, 0.25) is 5.91 Å². The van der Waals surface area contributed by atoms with Gasteiger partial charge in [-0.25, -0.2) is 4.52 Å². The van der Waals surface area contributed by atoms with Crippen molar-refractivity contribution in [3.8, 4) is 11.3 Å². The number of fused-ring (bicyclic) bond motifs is 1. The molecule has 4 rings (SSSR count). The lowest BCUT2D eigenvalue weighted by Gasteiger charge is -2.20. The maximum atomic E-state index is 12.9. The number of nitrogens with zero attached hydrogens (tertiary/aromatic N) is 4. The molecule has 0 spiro atoms. The molecule has 0 radical (unpaired) electrons. The zero-order chi connectivity index (χ0) is 21.1. The summed E-state index contributed by atoms with van der Waals surface area (Å²) >= 11 is 0. The molecule has 0 unspecified atom stereocenters. The number of likely N-dealkylation sites (tertiary alicyclic amines) is 1. The van der Waals surface area contributed by atoms with Crippen LogP contribution in [-0.4, -0.2) is 38.1 Å². The van der Waals surface area contributed by atoms with Crippen LogP contribution in [0.2, 0.25) is 0 Å². The van der Waals surface area contributed by atoms with Crippen LogP contribution in [0.4, 0.5) is 0 Å². The molecule has 1 aliphatic heterocycles. The fourth-order valence-corrected chi connectivity index (χ4v) is 4.08. The zero-order valence-corrected chi connectivity index (χ0v) is 17.9. The van der Waals surface area contributed by atoms with E-state index in [1.807, 2.05) is 11.0 Å². The molecule has 158 valence electrons. The van der Waals surface area contributed by atoms with E-state index in [4.69, 9.17) is 0 Å². The average Bonchev–Trinajstić information content (AvgIpc) is 3.00. The summed E-state index contributed by atoms with van der Waals surface area (Å²) in [4.78, 5) is 27.4. The Labute approximate surface area is 177 Å². The van der Waals surface area contributed by atoms with E-state index in [-0.39, 0.29) is 11.5 Å². The van der Waals surface area contributed by atoms with Crippen molar-refractivity contribution in [3.63, 3.8) is 0 Å². The van der Waals surface area contributed by atoms with E-state index in [9.17, 15) is 9.59 Å². The highest BCUT2D eigenvalue weighted by molar-refractivity contribution is 5.76. The molecule has 1 amide bonds. The summed E-state index contributed by atoms with van der Waals surface area (Å²) in [5.74, 6) is 0.618. The Balaban J connectivity index is 1.51. The average molecular weight is 407 g/mol. The summed E-state index contributed by atoms with van der Waals surface area (Å²) in [6, 6.07) is 10.2. The number of carbonyl (C=O) groups is 1. The van der Waals surface area contributed by atoms with Crippen LogP contribution < -0.4 is 5.56 Å². The van der Waals surface area contributed by atoms with E-state index in [0.717, 1.165) is 37.2 Å². The Hall–Kier alpha value is -2.89. The van der Waals surface area contributed by atoms with Gasteiger partial charge in [-0.1, -0.05) is 51.0 Å². The molecule has 6 nitrogen and oxygen atoms in total. The Morgan fingerprint density at radius 2 is 1.73 bits per heavy atom. The molecular formula is C24H30N4O2. The molecule has 3 heterocycles. The first-order valence-corrected chi connectivity index (χ1v) is 11.0. The van der Waals surface area contributed by atoms with Gasteiger partial charge in [-0.15, -0.1) is 0 Å². The highest BCUT2D eigenvalue weighted by atomic mass is 16.2. The summed E-state index contributed by atoms with van der Waals surface area (Å²) in [6.07, 6.45) is 8.42. The molecule has 1 aliphatic rings. The number of benzene rings is 1. The van der Waals surface area contributed by atoms with Crippen molar-refractivity contribution in [1.82, 2.24) is 19.1 Å². The van der Waals surface area contributed by atoms with Gasteiger partial charge < -0.3 is 9.47 Å². The molecular weight excluding hydrogens is 376 g/mol. The molecule has 0 aliphatic carbocycles. The monoisotopic (exact) mass is 406 g/mol. The van der Waals surface area contributed by atoms with Crippen molar-refractivity contribution < 1.29 is 4.79 Å². The largest absolute Gasteiger partial charge is 0.343 e. The van der Waals surface area contributed by atoms with Crippen LogP contribution in [0.3, 0.4) is 0 Å². The molecule has 0 saturated carbocycles. The minimum atomic E-state index is -0.112. The molecule has 0 N–H and O–H groups in total. The van der Waals surface area contributed by atoms with Gasteiger partial charge in [0.25, 0.3) is 5.56 Å². The topological polar surface area (TPSA) is 59.6 Å². The highest BCUT2D eigenvalue weighted by Gasteiger charge is 2.16. The highest BCUT2D eigenvalue weighted by Crippen LogP contribution is 2.22. The quantitative estimate of drug-likeness (QED) is 0.641. The van der Waals surface area contributed by atoms with Crippen LogP contribution in [0.1, 0.15) is 57.4 Å². The predicted molar refractivity (Wildman–Crippen MR) is 119 cm³/mol. The SMILES string of the molecule is CC(C)c1ccc(-c2cc3c(=O)n(CCC(=O)N4CCCCCC4)ccn3n2)cc1. The van der Waals surface area contributed by atoms with Crippen LogP contribution >= 0.6 is 0 Å². The molecule has 2 aromatic heterocycles. The van der Waals surface area contributed by atoms with E-state index in [1.165, 1.54) is 18.4 Å². The smallest absolute Gasteiger partial charge is 0.276 e. The van der Waals surface area contributed by atoms with E-state index in [0.29, 0.717) is 24.4 Å². The molecule has 0 atom stereocenters. The lowest BCUT2D eigenvalue weighted by molar-refractivity contribution is -0.131. The predicted octanol–water partition coefficient (Wildman–Crippen LogP) is 4.08. The molecule has 1 fully saturated rings. The standard InChI is InChI=1S/C24H30N4O2/c1-18(2)19-7-9-20(10-8-19)21-17-22-24(30)27(15-16-28(22)25-21)14-11-23(29)26-12-5-3-4-6-13-26/h7-10,15-18H,3-6,11-14H2,1-2H3. The Kier molecular flexibility index (Phi) is 6.02. The molecule has 3 aromatic rings. The Morgan fingerprint density at radius 1 is 1.03 bits per heavy atom. The van der Waals surface area contributed by atoms with Crippen molar-refractivity contribution in [3.05, 3.63) is 58.6 Å².